The van der Waals surface area contributed by atoms with E-state index in [0.717, 1.165) is 0 Å². The molecule has 1 saturated heterocycles. The highest BCUT2D eigenvalue weighted by Crippen LogP contribution is 2.34. The summed E-state index contributed by atoms with van der Waals surface area (Å²) < 4.78 is 0. The number of carbonyl (C=O) groups excluding carboxylic acids is 1. The minimum atomic E-state index is -1.47. The van der Waals surface area contributed by atoms with Crippen molar-refractivity contribution in [2.45, 2.75) is 18.5 Å². The molecule has 2 heterocycles. The van der Waals surface area contributed by atoms with Gasteiger partial charge in [0.15, 0.2) is 0 Å². The number of amides is 1. The van der Waals surface area contributed by atoms with Crippen molar-refractivity contribution in [2.24, 2.45) is 0 Å². The number of benzene rings is 1. The third kappa shape index (κ3) is 2.02. The van der Waals surface area contributed by atoms with Crippen LogP contribution >= 0.6 is 0 Å². The molecule has 1 atom stereocenters. The van der Waals surface area contributed by atoms with Crippen molar-refractivity contribution in [3.8, 4) is 0 Å². The summed E-state index contributed by atoms with van der Waals surface area (Å²) in [5.74, 6) is -1.40. The molecule has 21 heavy (non-hydrogen) atoms. The van der Waals surface area contributed by atoms with Crippen molar-refractivity contribution in [1.29, 1.82) is 0 Å². The molecule has 0 spiro atoms. The van der Waals surface area contributed by atoms with Crippen LogP contribution in [0.2, 0.25) is 0 Å². The first-order chi connectivity index (χ1) is 10.2. The van der Waals surface area contributed by atoms with Gasteiger partial charge in [-0.25, -0.2) is 9.80 Å². The smallest absolute Gasteiger partial charge is 0.352 e. The van der Waals surface area contributed by atoms with Crippen LogP contribution in [0, 0.1) is 0 Å². The lowest BCUT2D eigenvalue weighted by atomic mass is 10.1. The van der Waals surface area contributed by atoms with Crippen molar-refractivity contribution >= 4 is 11.9 Å². The fourth-order valence-electron chi connectivity index (χ4n) is 2.79. The lowest BCUT2D eigenvalue weighted by molar-refractivity contribution is -0.168. The van der Waals surface area contributed by atoms with E-state index in [1.807, 2.05) is 6.07 Å². The Labute approximate surface area is 121 Å². The minimum absolute atomic E-state index is 0.308. The monoisotopic (exact) mass is 289 g/mol. The first-order valence-electron chi connectivity index (χ1n) is 6.64. The largest absolute Gasteiger partial charge is 0.478 e. The molecular weight excluding hydrogens is 274 g/mol. The molecule has 110 valence electrons. The summed E-state index contributed by atoms with van der Waals surface area (Å²) in [5, 5.41) is 11.0. The molecule has 1 amide bonds. The summed E-state index contributed by atoms with van der Waals surface area (Å²) in [7, 11) is 0. The van der Waals surface area contributed by atoms with Gasteiger partial charge in [-0.1, -0.05) is 23.8 Å². The number of nitrogens with zero attached hydrogens (tertiary/aromatic N) is 2. The lowest BCUT2D eigenvalue weighted by Gasteiger charge is -2.40. The number of hydrogen-bond acceptors (Lipinski definition) is 5. The second kappa shape index (κ2) is 5.10. The van der Waals surface area contributed by atoms with Crippen molar-refractivity contribution in [2.75, 3.05) is 6.54 Å². The summed E-state index contributed by atoms with van der Waals surface area (Å²) in [6, 6.07) is 8.67. The molecule has 0 bridgehead atoms. The number of likely N-dealkylation sites (tertiary alicyclic amines) is 1. The maximum absolute atomic E-state index is 12.7. The maximum atomic E-state index is 12.7. The van der Waals surface area contributed by atoms with E-state index >= 15 is 0 Å². The molecule has 1 fully saturated rings. The Hall–Kier alpha value is -2.54. The Morgan fingerprint density at radius 3 is 2.67 bits per heavy atom. The van der Waals surface area contributed by atoms with Crippen LogP contribution in [0.25, 0.3) is 0 Å². The van der Waals surface area contributed by atoms with Crippen LogP contribution in [0.3, 0.4) is 0 Å². The summed E-state index contributed by atoms with van der Waals surface area (Å²) in [6.45, 7) is 0.381. The molecule has 0 aliphatic carbocycles. The number of carbonyl (C=O) groups is 2. The van der Waals surface area contributed by atoms with Gasteiger partial charge in [-0.2, -0.15) is 0 Å². The van der Waals surface area contributed by atoms with Gasteiger partial charge < -0.3 is 14.8 Å². The van der Waals surface area contributed by atoms with Crippen LogP contribution in [-0.2, 0) is 9.63 Å². The van der Waals surface area contributed by atoms with Gasteiger partial charge in [0, 0.05) is 18.5 Å². The number of rotatable bonds is 3. The number of hydrazine groups is 1. The van der Waals surface area contributed by atoms with E-state index < -0.39 is 11.6 Å². The predicted octanol–water partition coefficient (Wildman–Crippen LogP) is 0.927. The molecule has 2 N–H and O–H groups in total. The molecule has 0 aromatic heterocycles. The fourth-order valence-corrected chi connectivity index (χ4v) is 2.79. The summed E-state index contributed by atoms with van der Waals surface area (Å²) in [5.41, 5.74) is 1.50. The van der Waals surface area contributed by atoms with Crippen molar-refractivity contribution < 1.29 is 19.5 Å². The van der Waals surface area contributed by atoms with Crippen molar-refractivity contribution in [3.05, 3.63) is 48.4 Å². The molecule has 3 rings (SSSR count). The van der Waals surface area contributed by atoms with E-state index in [0.29, 0.717) is 24.9 Å². The maximum Gasteiger partial charge on any atom is 0.352 e. The van der Waals surface area contributed by atoms with Crippen LogP contribution in [0.15, 0.2) is 42.8 Å². The predicted molar refractivity (Wildman–Crippen MR) is 72.3 cm³/mol. The second-order valence-electron chi connectivity index (χ2n) is 4.91. The highest BCUT2D eigenvalue weighted by molar-refractivity contribution is 5.98. The van der Waals surface area contributed by atoms with Crippen LogP contribution in [0.4, 0.5) is 0 Å². The molecule has 2 aliphatic heterocycles. The van der Waals surface area contributed by atoms with Gasteiger partial charge in [0.1, 0.15) is 6.26 Å². The van der Waals surface area contributed by atoms with Crippen LogP contribution in [0.1, 0.15) is 23.2 Å². The third-order valence-corrected chi connectivity index (χ3v) is 3.79. The number of hydrogen-bond donors (Lipinski definition) is 2. The quantitative estimate of drug-likeness (QED) is 0.861. The highest BCUT2D eigenvalue weighted by atomic mass is 16.7. The zero-order valence-corrected chi connectivity index (χ0v) is 11.2. The summed E-state index contributed by atoms with van der Waals surface area (Å²) in [4.78, 5) is 30.8. The SMILES string of the molecule is O=C(c1ccccc1)N1CCCC1(C(=O)O)N1C=CON1. The number of aliphatic carboxylic acids is 1. The average Bonchev–Trinajstić information content (AvgIpc) is 3.16. The summed E-state index contributed by atoms with van der Waals surface area (Å²) >= 11 is 0. The van der Waals surface area contributed by atoms with Crippen molar-refractivity contribution in [3.63, 3.8) is 0 Å². The normalized spacial score (nSPS) is 24.2. The number of carboxylic acid groups (broad SMARTS) is 1. The zero-order chi connectivity index (χ0) is 14.9. The van der Waals surface area contributed by atoms with Crippen LogP contribution < -0.4 is 5.59 Å². The molecular formula is C14H15N3O4. The van der Waals surface area contributed by atoms with E-state index in [1.165, 1.54) is 22.4 Å². The molecule has 0 radical (unpaired) electrons. The molecule has 2 aliphatic rings. The Balaban J connectivity index is 1.98. The first-order valence-corrected chi connectivity index (χ1v) is 6.64. The first kappa shape index (κ1) is 13.4. The van der Waals surface area contributed by atoms with Gasteiger partial charge >= 0.3 is 5.97 Å². The van der Waals surface area contributed by atoms with Gasteiger partial charge in [-0.15, -0.1) is 0 Å². The van der Waals surface area contributed by atoms with E-state index in [4.69, 9.17) is 4.84 Å². The molecule has 1 unspecified atom stereocenters. The van der Waals surface area contributed by atoms with E-state index in [1.54, 1.807) is 24.3 Å². The average molecular weight is 289 g/mol. The highest BCUT2D eigenvalue weighted by Gasteiger charge is 2.55. The van der Waals surface area contributed by atoms with Crippen molar-refractivity contribution in [1.82, 2.24) is 15.5 Å². The standard InChI is InChI=1S/C14H15N3O4/c18-12(11-5-2-1-3-6-11)16-8-4-7-14(16,13(19)20)17-9-10-21-15-17/h1-3,5-6,9-10,15H,4,7-8H2,(H,19,20). The Morgan fingerprint density at radius 2 is 2.05 bits per heavy atom. The molecule has 1 aromatic carbocycles. The molecule has 1 aromatic rings. The van der Waals surface area contributed by atoms with Gasteiger partial charge in [0.05, 0.1) is 6.20 Å². The Kier molecular flexibility index (Phi) is 3.26. The number of carboxylic acids is 1. The molecule has 7 heteroatoms. The third-order valence-electron chi connectivity index (χ3n) is 3.79. The van der Waals surface area contributed by atoms with E-state index in [-0.39, 0.29) is 5.91 Å². The second-order valence-corrected chi connectivity index (χ2v) is 4.91. The van der Waals surface area contributed by atoms with Gasteiger partial charge in [0.25, 0.3) is 5.91 Å². The zero-order valence-electron chi connectivity index (χ0n) is 11.2. The van der Waals surface area contributed by atoms with Gasteiger partial charge in [0.2, 0.25) is 5.66 Å². The summed E-state index contributed by atoms with van der Waals surface area (Å²) in [6.07, 6.45) is 3.75. The Bertz CT molecular complexity index is 589. The van der Waals surface area contributed by atoms with Crippen LogP contribution in [-0.4, -0.2) is 39.1 Å². The van der Waals surface area contributed by atoms with Crippen LogP contribution in [0.5, 0.6) is 0 Å². The molecule has 7 nitrogen and oxygen atoms in total. The number of nitrogens with one attached hydrogen (secondary N) is 1. The van der Waals surface area contributed by atoms with E-state index in [2.05, 4.69) is 5.59 Å². The van der Waals surface area contributed by atoms with Gasteiger partial charge in [-0.05, 0) is 18.6 Å². The van der Waals surface area contributed by atoms with E-state index in [9.17, 15) is 14.7 Å². The molecule has 0 saturated carbocycles. The fraction of sp³-hybridized carbons (Fsp3) is 0.286. The minimum Gasteiger partial charge on any atom is -0.478 e. The lowest BCUT2D eigenvalue weighted by Crippen LogP contribution is -2.64. The van der Waals surface area contributed by atoms with Gasteiger partial charge in [-0.3, -0.25) is 4.79 Å². The topological polar surface area (TPSA) is 82.1 Å². The Morgan fingerprint density at radius 1 is 1.29 bits per heavy atom.